The summed E-state index contributed by atoms with van der Waals surface area (Å²) in [7, 11) is 0. The molecule has 0 heterocycles. The Bertz CT molecular complexity index is 695. The Balaban J connectivity index is 2.19. The van der Waals surface area contributed by atoms with E-state index < -0.39 is 4.92 Å². The van der Waals surface area contributed by atoms with Gasteiger partial charge in [0.15, 0.2) is 0 Å². The first-order valence-corrected chi connectivity index (χ1v) is 5.77. The number of nitro groups is 1. The maximum Gasteiger partial charge on any atom is 0.289 e. The molecule has 0 aliphatic rings. The molecule has 0 spiro atoms. The molecular weight excluding hydrogens is 261 g/mol. The number of nitrogens with one attached hydrogen (secondary N) is 1. The second-order valence-electron chi connectivity index (χ2n) is 4.05. The van der Waals surface area contributed by atoms with Crippen molar-refractivity contribution in [2.75, 3.05) is 5.32 Å². The molecule has 0 unspecified atom stereocenters. The van der Waals surface area contributed by atoms with Gasteiger partial charge in [0.2, 0.25) is 0 Å². The molecule has 0 radical (unpaired) electrons. The summed E-state index contributed by atoms with van der Waals surface area (Å²) in [5, 5.41) is 22.5. The van der Waals surface area contributed by atoms with Gasteiger partial charge in [-0.3, -0.25) is 10.1 Å². The fourth-order valence-electron chi connectivity index (χ4n) is 1.73. The van der Waals surface area contributed by atoms with E-state index in [1.807, 2.05) is 0 Å². The van der Waals surface area contributed by atoms with Crippen LogP contribution >= 0.6 is 0 Å². The van der Waals surface area contributed by atoms with E-state index in [1.165, 1.54) is 18.2 Å². The molecule has 20 heavy (non-hydrogen) atoms. The molecule has 0 amide bonds. The van der Waals surface area contributed by atoms with Crippen molar-refractivity contribution in [3.8, 4) is 6.07 Å². The van der Waals surface area contributed by atoms with E-state index in [-0.39, 0.29) is 23.6 Å². The molecule has 100 valence electrons. The third kappa shape index (κ3) is 2.90. The molecule has 5 nitrogen and oxygen atoms in total. The predicted molar refractivity (Wildman–Crippen MR) is 71.5 cm³/mol. The van der Waals surface area contributed by atoms with E-state index in [1.54, 1.807) is 30.3 Å². The highest BCUT2D eigenvalue weighted by Gasteiger charge is 2.14. The highest BCUT2D eigenvalue weighted by molar-refractivity contribution is 5.59. The SMILES string of the molecule is N#Cc1ccc(NCc2ccccc2F)cc1[N+](=O)[O-]. The summed E-state index contributed by atoms with van der Waals surface area (Å²) in [6.07, 6.45) is 0. The van der Waals surface area contributed by atoms with Gasteiger partial charge in [-0.1, -0.05) is 18.2 Å². The average Bonchev–Trinajstić information content (AvgIpc) is 2.46. The van der Waals surface area contributed by atoms with E-state index in [9.17, 15) is 14.5 Å². The van der Waals surface area contributed by atoms with E-state index in [0.29, 0.717) is 11.3 Å². The molecule has 2 rings (SSSR count). The second kappa shape index (κ2) is 5.80. The standard InChI is InChI=1S/C14H10FN3O2/c15-13-4-2-1-3-11(13)9-17-12-6-5-10(8-16)14(7-12)18(19)20/h1-7,17H,9H2. The third-order valence-corrected chi connectivity index (χ3v) is 2.76. The van der Waals surface area contributed by atoms with Crippen LogP contribution in [0.4, 0.5) is 15.8 Å². The van der Waals surface area contributed by atoms with E-state index in [2.05, 4.69) is 5.32 Å². The van der Waals surface area contributed by atoms with Gasteiger partial charge >= 0.3 is 0 Å². The molecule has 0 aromatic heterocycles. The Hall–Kier alpha value is -2.94. The van der Waals surface area contributed by atoms with Crippen LogP contribution in [-0.4, -0.2) is 4.92 Å². The number of nitro benzene ring substituents is 1. The molecule has 0 atom stereocenters. The van der Waals surface area contributed by atoms with Crippen molar-refractivity contribution in [2.45, 2.75) is 6.54 Å². The van der Waals surface area contributed by atoms with Crippen molar-refractivity contribution in [3.63, 3.8) is 0 Å². The molecule has 2 aromatic carbocycles. The zero-order valence-electron chi connectivity index (χ0n) is 10.3. The van der Waals surface area contributed by atoms with Crippen LogP contribution in [0, 0.1) is 27.3 Å². The Morgan fingerprint density at radius 2 is 2.05 bits per heavy atom. The first kappa shape index (κ1) is 13.5. The molecule has 0 aliphatic carbocycles. The van der Waals surface area contributed by atoms with Gasteiger partial charge in [0.25, 0.3) is 5.69 Å². The average molecular weight is 271 g/mol. The van der Waals surface area contributed by atoms with Gasteiger partial charge in [0.1, 0.15) is 17.4 Å². The molecule has 2 aromatic rings. The fourth-order valence-corrected chi connectivity index (χ4v) is 1.73. The number of hydrogen-bond donors (Lipinski definition) is 1. The van der Waals surface area contributed by atoms with Crippen molar-refractivity contribution < 1.29 is 9.31 Å². The van der Waals surface area contributed by atoms with Crippen LogP contribution in [0.2, 0.25) is 0 Å². The lowest BCUT2D eigenvalue weighted by Crippen LogP contribution is -2.02. The minimum Gasteiger partial charge on any atom is -0.381 e. The van der Waals surface area contributed by atoms with Gasteiger partial charge < -0.3 is 5.32 Å². The van der Waals surface area contributed by atoms with Crippen LogP contribution in [-0.2, 0) is 6.54 Å². The predicted octanol–water partition coefficient (Wildman–Crippen LogP) is 3.22. The first-order valence-electron chi connectivity index (χ1n) is 5.77. The Morgan fingerprint density at radius 3 is 2.70 bits per heavy atom. The largest absolute Gasteiger partial charge is 0.381 e. The number of rotatable bonds is 4. The van der Waals surface area contributed by atoms with Crippen LogP contribution in [0.25, 0.3) is 0 Å². The van der Waals surface area contributed by atoms with E-state index >= 15 is 0 Å². The van der Waals surface area contributed by atoms with Gasteiger partial charge in [-0.2, -0.15) is 5.26 Å². The molecule has 0 aliphatic heterocycles. The molecule has 0 bridgehead atoms. The van der Waals surface area contributed by atoms with E-state index in [0.717, 1.165) is 0 Å². The van der Waals surface area contributed by atoms with Crippen LogP contribution in [0.3, 0.4) is 0 Å². The lowest BCUT2D eigenvalue weighted by molar-refractivity contribution is -0.385. The highest BCUT2D eigenvalue weighted by Crippen LogP contribution is 2.23. The molecule has 0 saturated heterocycles. The Morgan fingerprint density at radius 1 is 1.30 bits per heavy atom. The van der Waals surface area contributed by atoms with Crippen LogP contribution in [0.1, 0.15) is 11.1 Å². The zero-order valence-corrected chi connectivity index (χ0v) is 10.3. The molecular formula is C14H10FN3O2. The van der Waals surface area contributed by atoms with Crippen molar-refractivity contribution >= 4 is 11.4 Å². The minimum absolute atomic E-state index is 0.00792. The van der Waals surface area contributed by atoms with Gasteiger partial charge in [-0.25, -0.2) is 4.39 Å². The van der Waals surface area contributed by atoms with E-state index in [4.69, 9.17) is 5.26 Å². The van der Waals surface area contributed by atoms with Crippen LogP contribution < -0.4 is 5.32 Å². The molecule has 0 fully saturated rings. The smallest absolute Gasteiger partial charge is 0.289 e. The summed E-state index contributed by atoms with van der Waals surface area (Å²) in [4.78, 5) is 10.2. The second-order valence-corrected chi connectivity index (χ2v) is 4.05. The van der Waals surface area contributed by atoms with Crippen molar-refractivity contribution in [2.24, 2.45) is 0 Å². The summed E-state index contributed by atoms with van der Waals surface area (Å²) in [5.41, 5.74) is 0.635. The van der Waals surface area contributed by atoms with Crippen LogP contribution in [0.15, 0.2) is 42.5 Å². The molecule has 0 saturated carbocycles. The summed E-state index contributed by atoms with van der Waals surface area (Å²) >= 11 is 0. The number of hydrogen-bond acceptors (Lipinski definition) is 4. The Labute approximate surface area is 114 Å². The number of nitrogens with zero attached hydrogens (tertiary/aromatic N) is 2. The maximum atomic E-state index is 13.4. The van der Waals surface area contributed by atoms with Gasteiger partial charge in [-0.15, -0.1) is 0 Å². The van der Waals surface area contributed by atoms with Gasteiger partial charge in [0, 0.05) is 23.9 Å². The van der Waals surface area contributed by atoms with Gasteiger partial charge in [0.05, 0.1) is 4.92 Å². The number of anilines is 1. The Kier molecular flexibility index (Phi) is 3.91. The first-order chi connectivity index (χ1) is 9.61. The number of nitriles is 1. The van der Waals surface area contributed by atoms with Crippen molar-refractivity contribution in [1.82, 2.24) is 0 Å². The summed E-state index contributed by atoms with van der Waals surface area (Å²) in [6, 6.07) is 12.2. The fraction of sp³-hybridized carbons (Fsp3) is 0.0714. The summed E-state index contributed by atoms with van der Waals surface area (Å²) in [5.74, 6) is -0.344. The quantitative estimate of drug-likeness (QED) is 0.684. The van der Waals surface area contributed by atoms with Gasteiger partial charge in [-0.05, 0) is 18.2 Å². The molecule has 6 heteroatoms. The highest BCUT2D eigenvalue weighted by atomic mass is 19.1. The maximum absolute atomic E-state index is 13.4. The number of halogens is 1. The van der Waals surface area contributed by atoms with Crippen molar-refractivity contribution in [3.05, 3.63) is 69.5 Å². The third-order valence-electron chi connectivity index (χ3n) is 2.76. The lowest BCUT2D eigenvalue weighted by Gasteiger charge is -2.07. The summed E-state index contributed by atoms with van der Waals surface area (Å²) in [6.45, 7) is 0.204. The zero-order chi connectivity index (χ0) is 14.5. The van der Waals surface area contributed by atoms with Crippen LogP contribution in [0.5, 0.6) is 0 Å². The van der Waals surface area contributed by atoms with Crippen molar-refractivity contribution in [1.29, 1.82) is 5.26 Å². The monoisotopic (exact) mass is 271 g/mol. The lowest BCUT2D eigenvalue weighted by atomic mass is 10.1. The minimum atomic E-state index is -0.618. The number of benzene rings is 2. The topological polar surface area (TPSA) is 79.0 Å². The summed E-state index contributed by atoms with van der Waals surface area (Å²) < 4.78 is 13.4. The molecule has 1 N–H and O–H groups in total. The normalized spacial score (nSPS) is 9.80.